The molecule has 1 aromatic heterocycles. The summed E-state index contributed by atoms with van der Waals surface area (Å²) in [6.07, 6.45) is 0.584. The number of aromatic nitrogens is 2. The van der Waals surface area contributed by atoms with E-state index in [4.69, 9.17) is 26.6 Å². The Morgan fingerprint density at radius 2 is 2.33 bits per heavy atom. The second-order valence-corrected chi connectivity index (χ2v) is 4.47. The van der Waals surface area contributed by atoms with Crippen molar-refractivity contribution in [1.82, 2.24) is 10.1 Å². The zero-order chi connectivity index (χ0) is 13.0. The molecule has 1 aromatic carbocycles. The van der Waals surface area contributed by atoms with Crippen LogP contribution in [0.2, 0.25) is 5.02 Å². The summed E-state index contributed by atoms with van der Waals surface area (Å²) in [7, 11) is 0. The highest BCUT2D eigenvalue weighted by molar-refractivity contribution is 6.30. The van der Waals surface area contributed by atoms with Crippen LogP contribution < -0.4 is 10.5 Å². The molecule has 0 bridgehead atoms. The number of halogens is 1. The van der Waals surface area contributed by atoms with E-state index in [1.807, 2.05) is 19.1 Å². The molecule has 2 rings (SSSR count). The van der Waals surface area contributed by atoms with Gasteiger partial charge in [-0.1, -0.05) is 22.8 Å². The van der Waals surface area contributed by atoms with Crippen molar-refractivity contribution in [2.45, 2.75) is 26.0 Å². The Balaban J connectivity index is 1.92. The monoisotopic (exact) mass is 267 g/mol. The number of benzene rings is 1. The first-order valence-electron chi connectivity index (χ1n) is 5.59. The molecule has 2 N–H and O–H groups in total. The Morgan fingerprint density at radius 1 is 1.50 bits per heavy atom. The average molecular weight is 268 g/mol. The van der Waals surface area contributed by atoms with Crippen molar-refractivity contribution in [2.24, 2.45) is 5.73 Å². The standard InChI is InChI=1S/C12H14ClN3O2/c1-8(14)5-11-15-12(18-16-11)7-17-10-4-2-3-9(13)6-10/h2-4,6,8H,5,7,14H2,1H3. The van der Waals surface area contributed by atoms with Crippen molar-refractivity contribution in [3.05, 3.63) is 41.0 Å². The van der Waals surface area contributed by atoms with E-state index in [-0.39, 0.29) is 12.6 Å². The van der Waals surface area contributed by atoms with E-state index >= 15 is 0 Å². The van der Waals surface area contributed by atoms with Gasteiger partial charge in [-0.3, -0.25) is 0 Å². The maximum atomic E-state index is 5.84. The molecule has 0 spiro atoms. The smallest absolute Gasteiger partial charge is 0.264 e. The zero-order valence-corrected chi connectivity index (χ0v) is 10.7. The molecule has 0 fully saturated rings. The lowest BCUT2D eigenvalue weighted by Crippen LogP contribution is -2.18. The van der Waals surface area contributed by atoms with Gasteiger partial charge in [-0.25, -0.2) is 0 Å². The highest BCUT2D eigenvalue weighted by Crippen LogP contribution is 2.18. The van der Waals surface area contributed by atoms with Crippen LogP contribution in [0.15, 0.2) is 28.8 Å². The fraction of sp³-hybridized carbons (Fsp3) is 0.333. The first-order valence-corrected chi connectivity index (χ1v) is 5.96. The maximum absolute atomic E-state index is 5.84. The van der Waals surface area contributed by atoms with E-state index in [2.05, 4.69) is 10.1 Å². The van der Waals surface area contributed by atoms with E-state index in [1.54, 1.807) is 12.1 Å². The van der Waals surface area contributed by atoms with Crippen LogP contribution in [0.3, 0.4) is 0 Å². The number of ether oxygens (including phenoxy) is 1. The van der Waals surface area contributed by atoms with Crippen molar-refractivity contribution >= 4 is 11.6 Å². The van der Waals surface area contributed by atoms with E-state index in [0.29, 0.717) is 28.9 Å². The molecular formula is C12H14ClN3O2. The van der Waals surface area contributed by atoms with Crippen LogP contribution in [0.25, 0.3) is 0 Å². The predicted octanol–water partition coefficient (Wildman–Crippen LogP) is 2.19. The molecule has 1 heterocycles. The van der Waals surface area contributed by atoms with Gasteiger partial charge >= 0.3 is 0 Å². The third kappa shape index (κ3) is 3.72. The van der Waals surface area contributed by atoms with Gasteiger partial charge < -0.3 is 15.0 Å². The van der Waals surface area contributed by atoms with Gasteiger partial charge in [0.2, 0.25) is 0 Å². The summed E-state index contributed by atoms with van der Waals surface area (Å²) in [4.78, 5) is 4.17. The topological polar surface area (TPSA) is 74.2 Å². The van der Waals surface area contributed by atoms with Crippen LogP contribution in [-0.2, 0) is 13.0 Å². The molecule has 0 aliphatic heterocycles. The lowest BCUT2D eigenvalue weighted by Gasteiger charge is -2.02. The quantitative estimate of drug-likeness (QED) is 0.899. The van der Waals surface area contributed by atoms with E-state index in [1.165, 1.54) is 0 Å². The van der Waals surface area contributed by atoms with Crippen LogP contribution in [0, 0.1) is 0 Å². The summed E-state index contributed by atoms with van der Waals surface area (Å²) in [6, 6.07) is 7.13. The predicted molar refractivity (Wildman–Crippen MR) is 67.4 cm³/mol. The molecule has 0 amide bonds. The molecule has 6 heteroatoms. The van der Waals surface area contributed by atoms with Crippen molar-refractivity contribution in [3.8, 4) is 5.75 Å². The molecule has 1 atom stereocenters. The van der Waals surface area contributed by atoms with Gasteiger partial charge in [0.25, 0.3) is 5.89 Å². The molecule has 5 nitrogen and oxygen atoms in total. The summed E-state index contributed by atoms with van der Waals surface area (Å²) < 4.78 is 10.5. The summed E-state index contributed by atoms with van der Waals surface area (Å²) in [5.41, 5.74) is 5.65. The van der Waals surface area contributed by atoms with Crippen LogP contribution in [0.1, 0.15) is 18.6 Å². The minimum Gasteiger partial charge on any atom is -0.484 e. The van der Waals surface area contributed by atoms with Gasteiger partial charge in [0.1, 0.15) is 5.75 Å². The van der Waals surface area contributed by atoms with Crippen molar-refractivity contribution < 1.29 is 9.26 Å². The first-order chi connectivity index (χ1) is 8.63. The van der Waals surface area contributed by atoms with E-state index < -0.39 is 0 Å². The Labute approximate surface area is 110 Å². The molecule has 0 radical (unpaired) electrons. The average Bonchev–Trinajstić information content (AvgIpc) is 2.73. The minimum absolute atomic E-state index is 0.00398. The fourth-order valence-corrected chi connectivity index (χ4v) is 1.60. The third-order valence-electron chi connectivity index (χ3n) is 2.17. The van der Waals surface area contributed by atoms with Gasteiger partial charge in [0.05, 0.1) is 0 Å². The second kappa shape index (κ2) is 5.84. The van der Waals surface area contributed by atoms with Crippen LogP contribution in [0.4, 0.5) is 0 Å². The van der Waals surface area contributed by atoms with Crippen LogP contribution in [-0.4, -0.2) is 16.2 Å². The third-order valence-corrected chi connectivity index (χ3v) is 2.41. The number of nitrogens with zero attached hydrogens (tertiary/aromatic N) is 2. The number of rotatable bonds is 5. The molecule has 0 saturated heterocycles. The molecule has 0 aliphatic carbocycles. The Kier molecular flexibility index (Phi) is 4.17. The number of nitrogens with two attached hydrogens (primary N) is 1. The maximum Gasteiger partial charge on any atom is 0.264 e. The molecule has 0 aliphatic rings. The SMILES string of the molecule is CC(N)Cc1noc(COc2cccc(Cl)c2)n1. The summed E-state index contributed by atoms with van der Waals surface area (Å²) >= 11 is 5.84. The molecule has 96 valence electrons. The highest BCUT2D eigenvalue weighted by Gasteiger charge is 2.08. The number of hydrogen-bond donors (Lipinski definition) is 1. The molecule has 1 unspecified atom stereocenters. The Bertz CT molecular complexity index is 514. The minimum atomic E-state index is 0.00398. The van der Waals surface area contributed by atoms with Crippen molar-refractivity contribution in [2.75, 3.05) is 0 Å². The van der Waals surface area contributed by atoms with Crippen LogP contribution in [0.5, 0.6) is 5.75 Å². The summed E-state index contributed by atoms with van der Waals surface area (Å²) in [6.45, 7) is 2.10. The van der Waals surface area contributed by atoms with Gasteiger partial charge in [-0.15, -0.1) is 0 Å². The lowest BCUT2D eigenvalue weighted by atomic mass is 10.2. The van der Waals surface area contributed by atoms with Crippen molar-refractivity contribution in [3.63, 3.8) is 0 Å². The van der Waals surface area contributed by atoms with Crippen molar-refractivity contribution in [1.29, 1.82) is 0 Å². The number of hydrogen-bond acceptors (Lipinski definition) is 5. The first kappa shape index (κ1) is 12.9. The van der Waals surface area contributed by atoms with Gasteiger partial charge in [0, 0.05) is 17.5 Å². The van der Waals surface area contributed by atoms with E-state index in [0.717, 1.165) is 0 Å². The molecular weight excluding hydrogens is 254 g/mol. The van der Waals surface area contributed by atoms with E-state index in [9.17, 15) is 0 Å². The Hall–Kier alpha value is -1.59. The van der Waals surface area contributed by atoms with Gasteiger partial charge in [-0.2, -0.15) is 4.98 Å². The van der Waals surface area contributed by atoms with Gasteiger partial charge in [-0.05, 0) is 25.1 Å². The molecule has 18 heavy (non-hydrogen) atoms. The summed E-state index contributed by atoms with van der Waals surface area (Å²) in [5.74, 6) is 1.68. The largest absolute Gasteiger partial charge is 0.484 e. The lowest BCUT2D eigenvalue weighted by molar-refractivity contribution is 0.242. The normalized spacial score (nSPS) is 12.4. The summed E-state index contributed by atoms with van der Waals surface area (Å²) in [5, 5.41) is 4.43. The molecule has 0 saturated carbocycles. The zero-order valence-electron chi connectivity index (χ0n) is 9.97. The highest BCUT2D eigenvalue weighted by atomic mass is 35.5. The second-order valence-electron chi connectivity index (χ2n) is 4.03. The molecule has 2 aromatic rings. The Morgan fingerprint density at radius 3 is 3.06 bits per heavy atom. The van der Waals surface area contributed by atoms with Crippen LogP contribution >= 0.6 is 11.6 Å². The fourth-order valence-electron chi connectivity index (χ4n) is 1.42. The van der Waals surface area contributed by atoms with Gasteiger partial charge in [0.15, 0.2) is 12.4 Å².